The summed E-state index contributed by atoms with van der Waals surface area (Å²) in [4.78, 5) is 16.8. The number of hydrogen-bond acceptors (Lipinski definition) is 6. The second kappa shape index (κ2) is 9.39. The fourth-order valence-corrected chi connectivity index (χ4v) is 4.39. The summed E-state index contributed by atoms with van der Waals surface area (Å²) in [7, 11) is 1.68. The van der Waals surface area contributed by atoms with E-state index in [2.05, 4.69) is 33.1 Å². The summed E-state index contributed by atoms with van der Waals surface area (Å²) >= 11 is 1.50. The van der Waals surface area contributed by atoms with Crippen LogP contribution in [0.5, 0.6) is 5.75 Å². The number of nitrogens with zero attached hydrogens (tertiary/aromatic N) is 1. The first-order chi connectivity index (χ1) is 14.2. The van der Waals surface area contributed by atoms with E-state index in [-0.39, 0.29) is 12.1 Å². The average Bonchev–Trinajstić information content (AvgIpc) is 3.23. The summed E-state index contributed by atoms with van der Waals surface area (Å²) in [5.41, 5.74) is 3.30. The lowest BCUT2D eigenvalue weighted by Gasteiger charge is -2.23. The predicted molar refractivity (Wildman–Crippen MR) is 116 cm³/mol. The Balaban J connectivity index is 1.44. The van der Waals surface area contributed by atoms with E-state index in [0.717, 1.165) is 60.8 Å². The van der Waals surface area contributed by atoms with Crippen molar-refractivity contribution >= 4 is 28.8 Å². The summed E-state index contributed by atoms with van der Waals surface area (Å²) in [5, 5.41) is 11.8. The maximum Gasteiger partial charge on any atom is 0.320 e. The number of carbonyl (C=O) groups is 1. The molecule has 0 aliphatic carbocycles. The third kappa shape index (κ3) is 4.95. The van der Waals surface area contributed by atoms with Crippen LogP contribution in [-0.2, 0) is 4.74 Å². The standard InChI is InChI=1S/C21H26N4O3S/c1-27-18-11-15(4-5-17(18)14-6-9-28-10-7-14)20-24-19(13-29-20)25-21(26)23-16-3-2-8-22-12-16/h4-6,11,13,16,22H,2-3,7-10,12H2,1H3,(H2,23,25,26)/t16-/m0/s1. The lowest BCUT2D eigenvalue weighted by atomic mass is 9.99. The first-order valence-electron chi connectivity index (χ1n) is 9.92. The Bertz CT molecular complexity index is 890. The molecule has 7 nitrogen and oxygen atoms in total. The van der Waals surface area contributed by atoms with Gasteiger partial charge in [0.25, 0.3) is 0 Å². The number of aromatic nitrogens is 1. The number of rotatable bonds is 5. The van der Waals surface area contributed by atoms with Gasteiger partial charge in [-0.1, -0.05) is 18.2 Å². The highest BCUT2D eigenvalue weighted by molar-refractivity contribution is 7.13. The van der Waals surface area contributed by atoms with Crippen molar-refractivity contribution in [2.45, 2.75) is 25.3 Å². The number of amides is 2. The van der Waals surface area contributed by atoms with Gasteiger partial charge in [0.2, 0.25) is 0 Å². The zero-order valence-corrected chi connectivity index (χ0v) is 17.3. The molecule has 4 rings (SSSR count). The van der Waals surface area contributed by atoms with Crippen LogP contribution in [0.3, 0.4) is 0 Å². The van der Waals surface area contributed by atoms with Gasteiger partial charge in [0.15, 0.2) is 0 Å². The maximum atomic E-state index is 12.2. The van der Waals surface area contributed by atoms with E-state index in [9.17, 15) is 4.79 Å². The number of carbonyl (C=O) groups excluding carboxylic acids is 1. The Morgan fingerprint density at radius 1 is 1.41 bits per heavy atom. The molecule has 2 aliphatic heterocycles. The predicted octanol–water partition coefficient (Wildman–Crippen LogP) is 3.50. The van der Waals surface area contributed by atoms with Crippen LogP contribution in [0.2, 0.25) is 0 Å². The molecule has 154 valence electrons. The van der Waals surface area contributed by atoms with Crippen LogP contribution in [-0.4, -0.2) is 50.5 Å². The van der Waals surface area contributed by atoms with E-state index in [4.69, 9.17) is 9.47 Å². The van der Waals surface area contributed by atoms with Gasteiger partial charge in [-0.3, -0.25) is 5.32 Å². The van der Waals surface area contributed by atoms with Crippen LogP contribution in [0.15, 0.2) is 29.7 Å². The molecule has 0 unspecified atom stereocenters. The van der Waals surface area contributed by atoms with Gasteiger partial charge in [-0.15, -0.1) is 11.3 Å². The van der Waals surface area contributed by atoms with E-state index >= 15 is 0 Å². The van der Waals surface area contributed by atoms with Gasteiger partial charge in [-0.25, -0.2) is 9.78 Å². The van der Waals surface area contributed by atoms with Crippen molar-refractivity contribution in [3.05, 3.63) is 35.2 Å². The van der Waals surface area contributed by atoms with Crippen molar-refractivity contribution in [3.63, 3.8) is 0 Å². The number of anilines is 1. The summed E-state index contributed by atoms with van der Waals surface area (Å²) in [6.45, 7) is 3.20. The molecular formula is C21H26N4O3S. The Hall–Kier alpha value is -2.42. The molecule has 0 spiro atoms. The summed E-state index contributed by atoms with van der Waals surface area (Å²) < 4.78 is 11.0. The summed E-state index contributed by atoms with van der Waals surface area (Å²) in [5.74, 6) is 1.38. The van der Waals surface area contributed by atoms with Crippen molar-refractivity contribution in [2.75, 3.05) is 38.7 Å². The largest absolute Gasteiger partial charge is 0.496 e. The van der Waals surface area contributed by atoms with E-state index < -0.39 is 0 Å². The minimum absolute atomic E-state index is 0.165. The van der Waals surface area contributed by atoms with Gasteiger partial charge in [0.05, 0.1) is 20.3 Å². The van der Waals surface area contributed by atoms with Crippen LogP contribution >= 0.6 is 11.3 Å². The molecule has 3 N–H and O–H groups in total. The van der Waals surface area contributed by atoms with Crippen LogP contribution in [0.25, 0.3) is 16.1 Å². The van der Waals surface area contributed by atoms with E-state index in [0.29, 0.717) is 12.4 Å². The Labute approximate surface area is 174 Å². The molecule has 0 saturated carbocycles. The van der Waals surface area contributed by atoms with Crippen molar-refractivity contribution < 1.29 is 14.3 Å². The van der Waals surface area contributed by atoms with E-state index in [1.54, 1.807) is 7.11 Å². The Kier molecular flexibility index (Phi) is 6.43. The number of ether oxygens (including phenoxy) is 2. The zero-order chi connectivity index (χ0) is 20.1. The number of hydrogen-bond donors (Lipinski definition) is 3. The second-order valence-electron chi connectivity index (χ2n) is 7.15. The average molecular weight is 415 g/mol. The molecule has 2 aromatic rings. The van der Waals surface area contributed by atoms with Gasteiger partial charge in [-0.05, 0) is 37.4 Å². The molecule has 2 amide bonds. The fourth-order valence-electron chi connectivity index (χ4n) is 3.64. The Morgan fingerprint density at radius 3 is 3.10 bits per heavy atom. The molecule has 1 saturated heterocycles. The van der Waals surface area contributed by atoms with E-state index in [1.165, 1.54) is 16.9 Å². The molecule has 0 radical (unpaired) electrons. The lowest BCUT2D eigenvalue weighted by molar-refractivity contribution is 0.161. The molecule has 29 heavy (non-hydrogen) atoms. The molecule has 1 aromatic carbocycles. The number of piperidine rings is 1. The number of methoxy groups -OCH3 is 1. The molecular weight excluding hydrogens is 388 g/mol. The van der Waals surface area contributed by atoms with Crippen molar-refractivity contribution in [1.29, 1.82) is 0 Å². The van der Waals surface area contributed by atoms with Gasteiger partial charge in [0.1, 0.15) is 16.6 Å². The number of thiazole rings is 1. The van der Waals surface area contributed by atoms with Crippen LogP contribution in [0.4, 0.5) is 10.6 Å². The lowest BCUT2D eigenvalue weighted by Crippen LogP contribution is -2.47. The minimum atomic E-state index is -0.213. The molecule has 0 bridgehead atoms. The summed E-state index contributed by atoms with van der Waals surface area (Å²) in [6, 6.07) is 6.07. The monoisotopic (exact) mass is 414 g/mol. The molecule has 1 atom stereocenters. The van der Waals surface area contributed by atoms with Gasteiger partial charge in [-0.2, -0.15) is 0 Å². The minimum Gasteiger partial charge on any atom is -0.496 e. The topological polar surface area (TPSA) is 84.5 Å². The molecule has 3 heterocycles. The summed E-state index contributed by atoms with van der Waals surface area (Å²) in [6.07, 6.45) is 5.06. The highest BCUT2D eigenvalue weighted by Gasteiger charge is 2.17. The fraction of sp³-hybridized carbons (Fsp3) is 0.429. The number of benzene rings is 1. The highest BCUT2D eigenvalue weighted by atomic mass is 32.1. The molecule has 2 aliphatic rings. The third-order valence-electron chi connectivity index (χ3n) is 5.14. The van der Waals surface area contributed by atoms with E-state index in [1.807, 2.05) is 17.5 Å². The smallest absolute Gasteiger partial charge is 0.320 e. The quantitative estimate of drug-likeness (QED) is 0.697. The normalized spacial score (nSPS) is 19.3. The number of urea groups is 1. The first-order valence-corrected chi connectivity index (χ1v) is 10.8. The molecule has 1 fully saturated rings. The van der Waals surface area contributed by atoms with Crippen LogP contribution < -0.4 is 20.7 Å². The van der Waals surface area contributed by atoms with Crippen molar-refractivity contribution in [2.24, 2.45) is 0 Å². The number of nitrogens with one attached hydrogen (secondary N) is 3. The SMILES string of the molecule is COc1cc(-c2nc(NC(=O)N[C@H]3CCCNC3)cs2)ccc1C1=CCOCC1. The van der Waals surface area contributed by atoms with Crippen LogP contribution in [0.1, 0.15) is 24.8 Å². The van der Waals surface area contributed by atoms with Crippen molar-refractivity contribution in [1.82, 2.24) is 15.6 Å². The van der Waals surface area contributed by atoms with Crippen LogP contribution in [0, 0.1) is 0 Å². The third-order valence-corrected chi connectivity index (χ3v) is 6.03. The van der Waals surface area contributed by atoms with Gasteiger partial charge < -0.3 is 20.1 Å². The second-order valence-corrected chi connectivity index (χ2v) is 8.01. The molecule has 8 heteroatoms. The highest BCUT2D eigenvalue weighted by Crippen LogP contribution is 2.35. The maximum absolute atomic E-state index is 12.2. The zero-order valence-electron chi connectivity index (χ0n) is 16.5. The molecule has 1 aromatic heterocycles. The Morgan fingerprint density at radius 2 is 2.34 bits per heavy atom. The van der Waals surface area contributed by atoms with Gasteiger partial charge >= 0.3 is 6.03 Å². The van der Waals surface area contributed by atoms with Crippen molar-refractivity contribution in [3.8, 4) is 16.3 Å². The first kappa shape index (κ1) is 19.9. The van der Waals surface area contributed by atoms with Gasteiger partial charge in [0, 0.05) is 29.1 Å².